The van der Waals surface area contributed by atoms with Gasteiger partial charge in [-0.15, -0.1) is 0 Å². The summed E-state index contributed by atoms with van der Waals surface area (Å²) in [5, 5.41) is 5.31. The van der Waals surface area contributed by atoms with Crippen molar-refractivity contribution in [2.45, 2.75) is 6.61 Å². The quantitative estimate of drug-likeness (QED) is 0.840. The highest BCUT2D eigenvalue weighted by atomic mass is 35.5. The van der Waals surface area contributed by atoms with Crippen LogP contribution in [0.4, 0.5) is 10.5 Å². The number of amides is 2. The lowest BCUT2D eigenvalue weighted by atomic mass is 10.2. The van der Waals surface area contributed by atoms with Crippen LogP contribution in [0.1, 0.15) is 5.56 Å². The first-order valence-corrected chi connectivity index (χ1v) is 7.54. The van der Waals surface area contributed by atoms with E-state index < -0.39 is 12.0 Å². The van der Waals surface area contributed by atoms with E-state index in [2.05, 4.69) is 10.6 Å². The van der Waals surface area contributed by atoms with Gasteiger partial charge in [-0.1, -0.05) is 41.9 Å². The summed E-state index contributed by atoms with van der Waals surface area (Å²) in [7, 11) is 1.52. The second-order valence-electron chi connectivity index (χ2n) is 4.81. The van der Waals surface area contributed by atoms with Gasteiger partial charge in [0.05, 0.1) is 17.8 Å². The molecule has 0 aliphatic heterocycles. The average Bonchev–Trinajstić information content (AvgIpc) is 2.60. The van der Waals surface area contributed by atoms with E-state index in [9.17, 15) is 9.59 Å². The number of alkyl carbamates (subject to hydrolysis) is 1. The average molecular weight is 349 g/mol. The van der Waals surface area contributed by atoms with Gasteiger partial charge in [0.2, 0.25) is 5.91 Å². The molecule has 0 aliphatic carbocycles. The standard InChI is InChI=1S/C17H17ClN2O4/c1-23-13-7-8-15(14(18)9-13)20-16(21)10-19-17(22)24-11-12-5-3-2-4-6-12/h2-9H,10-11H2,1H3,(H,19,22)(H,20,21). The monoisotopic (exact) mass is 348 g/mol. The SMILES string of the molecule is COc1ccc(NC(=O)CNC(=O)OCc2ccccc2)c(Cl)c1. The molecule has 0 aliphatic rings. The van der Waals surface area contributed by atoms with Gasteiger partial charge in [-0.3, -0.25) is 4.79 Å². The Bertz CT molecular complexity index is 707. The molecule has 2 N–H and O–H groups in total. The van der Waals surface area contributed by atoms with Crippen LogP contribution in [0.5, 0.6) is 5.75 Å². The highest BCUT2D eigenvalue weighted by Gasteiger charge is 2.09. The Morgan fingerprint density at radius 1 is 1.12 bits per heavy atom. The van der Waals surface area contributed by atoms with Crippen LogP contribution in [0.2, 0.25) is 5.02 Å². The van der Waals surface area contributed by atoms with Crippen LogP contribution < -0.4 is 15.4 Å². The predicted molar refractivity (Wildman–Crippen MR) is 91.3 cm³/mol. The summed E-state index contributed by atoms with van der Waals surface area (Å²) < 4.78 is 10.0. The largest absolute Gasteiger partial charge is 0.497 e. The zero-order valence-corrected chi connectivity index (χ0v) is 13.8. The van der Waals surface area contributed by atoms with Crippen molar-refractivity contribution >= 4 is 29.3 Å². The van der Waals surface area contributed by atoms with E-state index in [1.165, 1.54) is 7.11 Å². The minimum Gasteiger partial charge on any atom is -0.497 e. The Balaban J connectivity index is 1.75. The number of methoxy groups -OCH3 is 1. The maximum absolute atomic E-state index is 11.8. The number of ether oxygens (including phenoxy) is 2. The summed E-state index contributed by atoms with van der Waals surface area (Å²) in [6, 6.07) is 14.1. The summed E-state index contributed by atoms with van der Waals surface area (Å²) in [6.45, 7) is -0.0887. The zero-order valence-electron chi connectivity index (χ0n) is 13.0. The normalized spacial score (nSPS) is 9.92. The van der Waals surface area contributed by atoms with E-state index in [1.54, 1.807) is 18.2 Å². The number of hydrogen-bond acceptors (Lipinski definition) is 4. The van der Waals surface area contributed by atoms with Crippen molar-refractivity contribution in [3.8, 4) is 5.75 Å². The lowest BCUT2D eigenvalue weighted by Crippen LogP contribution is -2.33. The fourth-order valence-electron chi connectivity index (χ4n) is 1.85. The van der Waals surface area contributed by atoms with Crippen LogP contribution in [0.3, 0.4) is 0 Å². The molecule has 0 saturated carbocycles. The molecule has 126 valence electrons. The van der Waals surface area contributed by atoms with Gasteiger partial charge in [0.25, 0.3) is 0 Å². The fraction of sp³-hybridized carbons (Fsp3) is 0.176. The van der Waals surface area contributed by atoms with Crippen LogP contribution in [0.15, 0.2) is 48.5 Å². The van der Waals surface area contributed by atoms with Crippen LogP contribution in [0.25, 0.3) is 0 Å². The topological polar surface area (TPSA) is 76.7 Å². The summed E-state index contributed by atoms with van der Waals surface area (Å²) >= 11 is 6.03. The molecule has 2 aromatic carbocycles. The molecule has 0 spiro atoms. The van der Waals surface area contributed by atoms with E-state index in [0.29, 0.717) is 16.5 Å². The van der Waals surface area contributed by atoms with Gasteiger partial charge in [0, 0.05) is 6.07 Å². The third-order valence-electron chi connectivity index (χ3n) is 3.06. The Hall–Kier alpha value is -2.73. The molecule has 0 radical (unpaired) electrons. The van der Waals surface area contributed by atoms with Gasteiger partial charge < -0.3 is 20.1 Å². The second-order valence-corrected chi connectivity index (χ2v) is 5.22. The molecule has 2 amide bonds. The first-order chi connectivity index (χ1) is 11.6. The third kappa shape index (κ3) is 5.48. The maximum Gasteiger partial charge on any atom is 0.407 e. The number of halogens is 1. The van der Waals surface area contributed by atoms with Crippen molar-refractivity contribution in [3.63, 3.8) is 0 Å². The minimum absolute atomic E-state index is 0.138. The molecule has 24 heavy (non-hydrogen) atoms. The summed E-state index contributed by atoms with van der Waals surface area (Å²) in [4.78, 5) is 23.4. The zero-order chi connectivity index (χ0) is 17.4. The molecule has 2 aromatic rings. The molecule has 7 heteroatoms. The van der Waals surface area contributed by atoms with Crippen molar-refractivity contribution < 1.29 is 19.1 Å². The van der Waals surface area contributed by atoms with Crippen molar-refractivity contribution in [1.29, 1.82) is 0 Å². The molecule has 0 heterocycles. The molecule has 0 unspecified atom stereocenters. The van der Waals surface area contributed by atoms with Gasteiger partial charge in [-0.05, 0) is 17.7 Å². The van der Waals surface area contributed by atoms with Crippen LogP contribution in [-0.2, 0) is 16.1 Å². The van der Waals surface area contributed by atoms with Gasteiger partial charge >= 0.3 is 6.09 Å². The highest BCUT2D eigenvalue weighted by Crippen LogP contribution is 2.26. The molecule has 0 fully saturated rings. The summed E-state index contributed by atoms with van der Waals surface area (Å²) in [5.41, 5.74) is 1.30. The van der Waals surface area contributed by atoms with E-state index in [1.807, 2.05) is 30.3 Å². The summed E-state index contributed by atoms with van der Waals surface area (Å²) in [5.74, 6) is 0.166. The number of benzene rings is 2. The number of nitrogens with one attached hydrogen (secondary N) is 2. The van der Waals surface area contributed by atoms with Gasteiger partial charge in [0.1, 0.15) is 18.9 Å². The molecule has 2 rings (SSSR count). The van der Waals surface area contributed by atoms with Crippen LogP contribution >= 0.6 is 11.6 Å². The van der Waals surface area contributed by atoms with Crippen molar-refractivity contribution in [1.82, 2.24) is 5.32 Å². The first-order valence-electron chi connectivity index (χ1n) is 7.16. The fourth-order valence-corrected chi connectivity index (χ4v) is 2.06. The molecule has 0 aromatic heterocycles. The highest BCUT2D eigenvalue weighted by molar-refractivity contribution is 6.33. The van der Waals surface area contributed by atoms with Crippen molar-refractivity contribution in [3.05, 3.63) is 59.1 Å². The lowest BCUT2D eigenvalue weighted by Gasteiger charge is -2.10. The molecule has 0 atom stereocenters. The summed E-state index contributed by atoms with van der Waals surface area (Å²) in [6.07, 6.45) is -0.671. The van der Waals surface area contributed by atoms with Gasteiger partial charge in [0.15, 0.2) is 0 Å². The Morgan fingerprint density at radius 2 is 1.88 bits per heavy atom. The lowest BCUT2D eigenvalue weighted by molar-refractivity contribution is -0.115. The van der Waals surface area contributed by atoms with Crippen molar-refractivity contribution in [2.24, 2.45) is 0 Å². The van der Waals surface area contributed by atoms with Crippen molar-refractivity contribution in [2.75, 3.05) is 19.0 Å². The first kappa shape index (κ1) is 17.6. The van der Waals surface area contributed by atoms with Crippen LogP contribution in [0, 0.1) is 0 Å². The Morgan fingerprint density at radius 3 is 2.54 bits per heavy atom. The van der Waals surface area contributed by atoms with E-state index >= 15 is 0 Å². The van der Waals surface area contributed by atoms with Crippen LogP contribution in [-0.4, -0.2) is 25.7 Å². The number of carbonyl (C=O) groups is 2. The Labute approximate surface area is 144 Å². The smallest absolute Gasteiger partial charge is 0.407 e. The van der Waals surface area contributed by atoms with E-state index in [0.717, 1.165) is 5.56 Å². The predicted octanol–water partition coefficient (Wildman–Crippen LogP) is 3.21. The second kappa shape index (κ2) is 8.79. The molecule has 0 bridgehead atoms. The maximum atomic E-state index is 11.8. The van der Waals surface area contributed by atoms with E-state index in [4.69, 9.17) is 21.1 Å². The molecule has 6 nitrogen and oxygen atoms in total. The number of hydrogen-bond donors (Lipinski definition) is 2. The third-order valence-corrected chi connectivity index (χ3v) is 3.37. The Kier molecular flexibility index (Phi) is 6.45. The number of rotatable bonds is 6. The number of carbonyl (C=O) groups excluding carboxylic acids is 2. The van der Waals surface area contributed by atoms with E-state index in [-0.39, 0.29) is 13.2 Å². The molecule has 0 saturated heterocycles. The van der Waals surface area contributed by atoms with Gasteiger partial charge in [-0.2, -0.15) is 0 Å². The minimum atomic E-state index is -0.671. The molecular weight excluding hydrogens is 332 g/mol. The number of anilines is 1. The molecular formula is C17H17ClN2O4. The van der Waals surface area contributed by atoms with Gasteiger partial charge in [-0.25, -0.2) is 4.79 Å².